The summed E-state index contributed by atoms with van der Waals surface area (Å²) in [5.74, 6) is -0.647. The third-order valence-electron chi connectivity index (χ3n) is 2.70. The van der Waals surface area contributed by atoms with E-state index in [0.29, 0.717) is 16.7 Å². The third kappa shape index (κ3) is 2.88. The monoisotopic (exact) mass is 254 g/mol. The van der Waals surface area contributed by atoms with E-state index in [1.165, 1.54) is 0 Å². The minimum atomic E-state index is -0.470. The molecule has 2 aromatic carbocycles. The van der Waals surface area contributed by atoms with E-state index < -0.39 is 5.97 Å². The van der Waals surface area contributed by atoms with E-state index in [1.807, 2.05) is 6.07 Å². The average molecular weight is 254 g/mol. The van der Waals surface area contributed by atoms with Gasteiger partial charge in [0.15, 0.2) is 5.78 Å². The van der Waals surface area contributed by atoms with Crippen molar-refractivity contribution in [3.8, 4) is 0 Å². The van der Waals surface area contributed by atoms with E-state index >= 15 is 0 Å². The fraction of sp³-hybridized carbons (Fsp3) is 0.125. The van der Waals surface area contributed by atoms with Crippen LogP contribution in [0.3, 0.4) is 0 Å². The highest BCUT2D eigenvalue weighted by Gasteiger charge is 2.18. The zero-order valence-electron chi connectivity index (χ0n) is 10.6. The van der Waals surface area contributed by atoms with Crippen LogP contribution in [-0.2, 0) is 4.74 Å². The lowest BCUT2D eigenvalue weighted by Gasteiger charge is -2.07. The molecule has 0 heterocycles. The number of hydrogen-bond donors (Lipinski definition) is 0. The molecule has 2 rings (SSSR count). The van der Waals surface area contributed by atoms with Gasteiger partial charge in [-0.3, -0.25) is 4.79 Å². The van der Waals surface area contributed by atoms with E-state index in [4.69, 9.17) is 4.74 Å². The van der Waals surface area contributed by atoms with Gasteiger partial charge in [0.05, 0.1) is 12.2 Å². The van der Waals surface area contributed by atoms with Gasteiger partial charge in [0, 0.05) is 11.1 Å². The number of hydrogen-bond acceptors (Lipinski definition) is 3. The number of carbonyl (C=O) groups is 2. The van der Waals surface area contributed by atoms with Crippen LogP contribution in [0.25, 0.3) is 0 Å². The van der Waals surface area contributed by atoms with Gasteiger partial charge in [0.25, 0.3) is 0 Å². The Hall–Kier alpha value is -2.42. The maximum absolute atomic E-state index is 12.4. The molecule has 0 fully saturated rings. The summed E-state index contributed by atoms with van der Waals surface area (Å²) in [7, 11) is 0. The predicted molar refractivity (Wildman–Crippen MR) is 72.3 cm³/mol. The highest BCUT2D eigenvalue weighted by Crippen LogP contribution is 2.15. The molecule has 0 unspecified atom stereocenters. The smallest absolute Gasteiger partial charge is 0.338 e. The molecule has 96 valence electrons. The Morgan fingerprint density at radius 3 is 2.11 bits per heavy atom. The number of ether oxygens (including phenoxy) is 1. The van der Waals surface area contributed by atoms with Gasteiger partial charge in [-0.15, -0.1) is 0 Å². The summed E-state index contributed by atoms with van der Waals surface area (Å²) in [5, 5.41) is 0. The molecule has 0 aliphatic carbocycles. The van der Waals surface area contributed by atoms with Crippen LogP contribution in [-0.4, -0.2) is 18.4 Å². The molecule has 0 bridgehead atoms. The summed E-state index contributed by atoms with van der Waals surface area (Å²) in [6, 6.07) is 15.6. The molecule has 3 heteroatoms. The molecule has 0 N–H and O–H groups in total. The predicted octanol–water partition coefficient (Wildman–Crippen LogP) is 3.09. The number of ketones is 1. The quantitative estimate of drug-likeness (QED) is 0.622. The molecule has 0 spiro atoms. The van der Waals surface area contributed by atoms with Crippen LogP contribution in [0.4, 0.5) is 0 Å². The van der Waals surface area contributed by atoms with Crippen molar-refractivity contribution in [2.75, 3.05) is 6.61 Å². The highest BCUT2D eigenvalue weighted by atomic mass is 16.5. The van der Waals surface area contributed by atoms with Crippen LogP contribution in [0.1, 0.15) is 33.2 Å². The van der Waals surface area contributed by atoms with Crippen LogP contribution in [0, 0.1) is 0 Å². The number of carbonyl (C=O) groups excluding carboxylic acids is 2. The number of benzene rings is 2. The maximum Gasteiger partial charge on any atom is 0.338 e. The van der Waals surface area contributed by atoms with Crippen molar-refractivity contribution in [3.05, 3.63) is 71.3 Å². The molecule has 0 amide bonds. The Morgan fingerprint density at radius 2 is 1.47 bits per heavy atom. The Morgan fingerprint density at radius 1 is 0.895 bits per heavy atom. The normalized spacial score (nSPS) is 9.95. The zero-order valence-corrected chi connectivity index (χ0v) is 10.6. The van der Waals surface area contributed by atoms with E-state index in [-0.39, 0.29) is 12.4 Å². The lowest BCUT2D eigenvalue weighted by atomic mass is 9.98. The minimum Gasteiger partial charge on any atom is -0.462 e. The summed E-state index contributed by atoms with van der Waals surface area (Å²) >= 11 is 0. The SMILES string of the molecule is CCOC(=O)c1ccccc1C(=O)c1ccccc1. The van der Waals surface area contributed by atoms with E-state index in [9.17, 15) is 9.59 Å². The summed E-state index contributed by atoms with van der Waals surface area (Å²) in [6.45, 7) is 2.02. The topological polar surface area (TPSA) is 43.4 Å². The zero-order chi connectivity index (χ0) is 13.7. The summed E-state index contributed by atoms with van der Waals surface area (Å²) in [6.07, 6.45) is 0. The van der Waals surface area contributed by atoms with Crippen LogP contribution in [0.15, 0.2) is 54.6 Å². The molecule has 2 aromatic rings. The van der Waals surface area contributed by atoms with Gasteiger partial charge in [-0.2, -0.15) is 0 Å². The van der Waals surface area contributed by atoms with Gasteiger partial charge in [-0.05, 0) is 13.0 Å². The highest BCUT2D eigenvalue weighted by molar-refractivity contribution is 6.14. The Kier molecular flexibility index (Phi) is 4.08. The molecule has 0 atom stereocenters. The van der Waals surface area contributed by atoms with Crippen LogP contribution in [0.2, 0.25) is 0 Å². The van der Waals surface area contributed by atoms with Crippen molar-refractivity contribution in [3.63, 3.8) is 0 Å². The lowest BCUT2D eigenvalue weighted by molar-refractivity contribution is 0.0523. The Balaban J connectivity index is 2.40. The average Bonchev–Trinajstić information content (AvgIpc) is 2.47. The van der Waals surface area contributed by atoms with Crippen LogP contribution in [0.5, 0.6) is 0 Å². The molecular formula is C16H14O3. The maximum atomic E-state index is 12.4. The van der Waals surface area contributed by atoms with Crippen molar-refractivity contribution in [1.82, 2.24) is 0 Å². The molecule has 0 radical (unpaired) electrons. The second-order valence-electron chi connectivity index (χ2n) is 3.96. The molecule has 0 aliphatic heterocycles. The number of rotatable bonds is 4. The Bertz CT molecular complexity index is 588. The van der Waals surface area contributed by atoms with Gasteiger partial charge in [-0.1, -0.05) is 48.5 Å². The molecule has 19 heavy (non-hydrogen) atoms. The van der Waals surface area contributed by atoms with Gasteiger partial charge in [-0.25, -0.2) is 4.79 Å². The van der Waals surface area contributed by atoms with Crippen molar-refractivity contribution < 1.29 is 14.3 Å². The lowest BCUT2D eigenvalue weighted by Crippen LogP contribution is -2.12. The first kappa shape index (κ1) is 13.0. The van der Waals surface area contributed by atoms with Gasteiger partial charge in [0.1, 0.15) is 0 Å². The third-order valence-corrected chi connectivity index (χ3v) is 2.70. The van der Waals surface area contributed by atoms with E-state index in [0.717, 1.165) is 0 Å². The van der Waals surface area contributed by atoms with Crippen LogP contribution < -0.4 is 0 Å². The first-order valence-corrected chi connectivity index (χ1v) is 6.10. The van der Waals surface area contributed by atoms with Gasteiger partial charge >= 0.3 is 5.97 Å². The molecular weight excluding hydrogens is 240 g/mol. The van der Waals surface area contributed by atoms with Crippen LogP contribution >= 0.6 is 0 Å². The second-order valence-corrected chi connectivity index (χ2v) is 3.96. The molecule has 3 nitrogen and oxygen atoms in total. The van der Waals surface area contributed by atoms with Crippen molar-refractivity contribution in [2.45, 2.75) is 6.92 Å². The first-order chi connectivity index (χ1) is 9.24. The fourth-order valence-electron chi connectivity index (χ4n) is 1.81. The van der Waals surface area contributed by atoms with Crippen molar-refractivity contribution in [2.24, 2.45) is 0 Å². The standard InChI is InChI=1S/C16H14O3/c1-2-19-16(18)14-11-7-6-10-13(14)15(17)12-8-4-3-5-9-12/h3-11H,2H2,1H3. The summed E-state index contributed by atoms with van der Waals surface area (Å²) < 4.78 is 4.96. The number of esters is 1. The molecule has 0 saturated carbocycles. The first-order valence-electron chi connectivity index (χ1n) is 6.10. The molecule has 0 aromatic heterocycles. The van der Waals surface area contributed by atoms with Gasteiger partial charge < -0.3 is 4.74 Å². The summed E-state index contributed by atoms with van der Waals surface area (Å²) in [5.41, 5.74) is 1.23. The largest absolute Gasteiger partial charge is 0.462 e. The van der Waals surface area contributed by atoms with Crippen molar-refractivity contribution in [1.29, 1.82) is 0 Å². The van der Waals surface area contributed by atoms with Crippen molar-refractivity contribution >= 4 is 11.8 Å². The minimum absolute atomic E-state index is 0.177. The second kappa shape index (κ2) is 5.96. The summed E-state index contributed by atoms with van der Waals surface area (Å²) in [4.78, 5) is 24.2. The fourth-order valence-corrected chi connectivity index (χ4v) is 1.81. The van der Waals surface area contributed by atoms with Gasteiger partial charge in [0.2, 0.25) is 0 Å². The van der Waals surface area contributed by atoms with E-state index in [1.54, 1.807) is 55.5 Å². The Labute approximate surface area is 111 Å². The molecule has 0 saturated heterocycles. The molecule has 0 aliphatic rings. The van der Waals surface area contributed by atoms with E-state index in [2.05, 4.69) is 0 Å².